The van der Waals surface area contributed by atoms with E-state index in [1.165, 1.54) is 6.42 Å². The molecule has 0 amide bonds. The Labute approximate surface area is 103 Å². The van der Waals surface area contributed by atoms with Gasteiger partial charge in [-0.3, -0.25) is 0 Å². The Morgan fingerprint density at radius 1 is 1.24 bits per heavy atom. The first-order valence-corrected chi connectivity index (χ1v) is 7.60. The second kappa shape index (κ2) is 4.78. The fourth-order valence-electron chi connectivity index (χ4n) is 2.16. The van der Waals surface area contributed by atoms with E-state index in [2.05, 4.69) is 4.72 Å². The highest BCUT2D eigenvalue weighted by Gasteiger charge is 2.27. The van der Waals surface area contributed by atoms with Gasteiger partial charge in [0.2, 0.25) is 10.0 Å². The van der Waals surface area contributed by atoms with Gasteiger partial charge in [-0.05, 0) is 44.2 Å². The van der Waals surface area contributed by atoms with Crippen LogP contribution in [0.25, 0.3) is 0 Å². The Kier molecular flexibility index (Phi) is 3.54. The van der Waals surface area contributed by atoms with Crippen molar-refractivity contribution < 1.29 is 8.42 Å². The van der Waals surface area contributed by atoms with Crippen LogP contribution in [0.5, 0.6) is 0 Å². The van der Waals surface area contributed by atoms with Crippen LogP contribution in [0, 0.1) is 0 Å². The summed E-state index contributed by atoms with van der Waals surface area (Å²) < 4.78 is 27.0. The summed E-state index contributed by atoms with van der Waals surface area (Å²) >= 11 is 0. The predicted molar refractivity (Wildman–Crippen MR) is 68.5 cm³/mol. The number of benzene rings is 1. The molecule has 0 heterocycles. The van der Waals surface area contributed by atoms with Crippen molar-refractivity contribution in [1.29, 1.82) is 0 Å². The van der Waals surface area contributed by atoms with Crippen LogP contribution < -0.4 is 4.72 Å². The molecule has 0 saturated heterocycles. The van der Waals surface area contributed by atoms with Gasteiger partial charge in [-0.25, -0.2) is 13.1 Å². The topological polar surface area (TPSA) is 46.2 Å². The van der Waals surface area contributed by atoms with E-state index in [0.29, 0.717) is 10.8 Å². The van der Waals surface area contributed by atoms with Gasteiger partial charge in [0, 0.05) is 6.04 Å². The molecule has 1 saturated carbocycles. The Balaban J connectivity index is 2.37. The average molecular weight is 253 g/mol. The molecule has 17 heavy (non-hydrogen) atoms. The summed E-state index contributed by atoms with van der Waals surface area (Å²) in [6, 6.07) is 7.28. The number of nitrogens with one attached hydrogen (secondary N) is 1. The molecule has 0 radical (unpaired) electrons. The molecule has 94 valence electrons. The summed E-state index contributed by atoms with van der Waals surface area (Å²) in [7, 11) is -3.36. The van der Waals surface area contributed by atoms with E-state index in [0.717, 1.165) is 18.4 Å². The Hall–Kier alpha value is -0.870. The molecule has 1 aliphatic carbocycles. The zero-order valence-corrected chi connectivity index (χ0v) is 11.1. The van der Waals surface area contributed by atoms with Crippen LogP contribution in [0.4, 0.5) is 0 Å². The predicted octanol–water partition coefficient (Wildman–Crippen LogP) is 2.64. The van der Waals surface area contributed by atoms with Crippen LogP contribution in [-0.2, 0) is 10.0 Å². The standard InChI is InChI=1S/C13H19NO2S/c1-10(2)14-17(15,16)13-9-4-3-8-12(13)11-6-5-7-11/h3-4,8-11,14H,5-7H2,1-2H3. The minimum Gasteiger partial charge on any atom is -0.209 e. The third kappa shape index (κ3) is 2.69. The van der Waals surface area contributed by atoms with Crippen molar-refractivity contribution in [1.82, 2.24) is 4.72 Å². The molecule has 1 fully saturated rings. The third-order valence-electron chi connectivity index (χ3n) is 3.14. The van der Waals surface area contributed by atoms with Gasteiger partial charge in [0.05, 0.1) is 4.90 Å². The first-order chi connectivity index (χ1) is 8.00. The quantitative estimate of drug-likeness (QED) is 0.896. The number of rotatable bonds is 4. The largest absolute Gasteiger partial charge is 0.241 e. The van der Waals surface area contributed by atoms with E-state index in [1.807, 2.05) is 26.0 Å². The maximum atomic E-state index is 12.2. The van der Waals surface area contributed by atoms with Crippen LogP contribution in [0.15, 0.2) is 29.2 Å². The van der Waals surface area contributed by atoms with Crippen LogP contribution in [0.1, 0.15) is 44.6 Å². The number of hydrogen-bond acceptors (Lipinski definition) is 2. The molecule has 2 rings (SSSR count). The molecule has 0 aliphatic heterocycles. The van der Waals surface area contributed by atoms with Gasteiger partial charge >= 0.3 is 0 Å². The molecule has 3 nitrogen and oxygen atoms in total. The van der Waals surface area contributed by atoms with E-state index in [4.69, 9.17) is 0 Å². The summed E-state index contributed by atoms with van der Waals surface area (Å²) in [6.45, 7) is 3.67. The SMILES string of the molecule is CC(C)NS(=O)(=O)c1ccccc1C1CCC1. The molecule has 0 atom stereocenters. The lowest BCUT2D eigenvalue weighted by Crippen LogP contribution is -2.31. The Morgan fingerprint density at radius 2 is 1.88 bits per heavy atom. The summed E-state index contributed by atoms with van der Waals surface area (Å²) in [5.41, 5.74) is 0.979. The third-order valence-corrected chi connectivity index (χ3v) is 4.88. The molecule has 1 aromatic rings. The molecule has 1 N–H and O–H groups in total. The van der Waals surface area contributed by atoms with Crippen molar-refractivity contribution >= 4 is 10.0 Å². The summed E-state index contributed by atoms with van der Waals surface area (Å²) in [5, 5.41) is 0. The van der Waals surface area contributed by atoms with Crippen molar-refractivity contribution in [3.8, 4) is 0 Å². The molecule has 0 aromatic heterocycles. The fraction of sp³-hybridized carbons (Fsp3) is 0.538. The highest BCUT2D eigenvalue weighted by atomic mass is 32.2. The maximum absolute atomic E-state index is 12.2. The smallest absolute Gasteiger partial charge is 0.209 e. The van der Waals surface area contributed by atoms with E-state index in [9.17, 15) is 8.42 Å². The van der Waals surface area contributed by atoms with Crippen LogP contribution in [-0.4, -0.2) is 14.5 Å². The molecule has 0 bridgehead atoms. The lowest BCUT2D eigenvalue weighted by molar-refractivity contribution is 0.413. The molecular formula is C13H19NO2S. The zero-order valence-electron chi connectivity index (χ0n) is 10.3. The van der Waals surface area contributed by atoms with E-state index in [-0.39, 0.29) is 6.04 Å². The lowest BCUT2D eigenvalue weighted by Gasteiger charge is -2.27. The van der Waals surface area contributed by atoms with Crippen LogP contribution >= 0.6 is 0 Å². The second-order valence-corrected chi connectivity index (χ2v) is 6.62. The summed E-state index contributed by atoms with van der Waals surface area (Å²) in [5.74, 6) is 0.426. The maximum Gasteiger partial charge on any atom is 0.241 e. The van der Waals surface area contributed by atoms with Crippen molar-refractivity contribution in [3.63, 3.8) is 0 Å². The molecular weight excluding hydrogens is 234 g/mol. The van der Waals surface area contributed by atoms with Gasteiger partial charge in [-0.15, -0.1) is 0 Å². The summed E-state index contributed by atoms with van der Waals surface area (Å²) in [4.78, 5) is 0.457. The van der Waals surface area contributed by atoms with Gasteiger partial charge in [0.15, 0.2) is 0 Å². The van der Waals surface area contributed by atoms with Gasteiger partial charge in [-0.1, -0.05) is 24.6 Å². The first kappa shape index (κ1) is 12.6. The van der Waals surface area contributed by atoms with E-state index < -0.39 is 10.0 Å². The Morgan fingerprint density at radius 3 is 2.41 bits per heavy atom. The molecule has 1 aliphatic rings. The lowest BCUT2D eigenvalue weighted by atomic mass is 9.80. The minimum atomic E-state index is -3.36. The van der Waals surface area contributed by atoms with Crippen LogP contribution in [0.2, 0.25) is 0 Å². The van der Waals surface area contributed by atoms with Crippen molar-refractivity contribution in [3.05, 3.63) is 29.8 Å². The van der Waals surface area contributed by atoms with E-state index in [1.54, 1.807) is 12.1 Å². The number of hydrogen-bond donors (Lipinski definition) is 1. The monoisotopic (exact) mass is 253 g/mol. The first-order valence-electron chi connectivity index (χ1n) is 6.12. The van der Waals surface area contributed by atoms with Gasteiger partial charge in [0.1, 0.15) is 0 Å². The normalized spacial score (nSPS) is 17.1. The minimum absolute atomic E-state index is 0.0746. The Bertz CT molecular complexity index is 490. The van der Waals surface area contributed by atoms with Crippen molar-refractivity contribution in [2.75, 3.05) is 0 Å². The number of sulfonamides is 1. The summed E-state index contributed by atoms with van der Waals surface area (Å²) in [6.07, 6.45) is 3.42. The molecule has 1 aromatic carbocycles. The molecule has 0 unspecified atom stereocenters. The van der Waals surface area contributed by atoms with Gasteiger partial charge in [0.25, 0.3) is 0 Å². The van der Waals surface area contributed by atoms with Crippen LogP contribution in [0.3, 0.4) is 0 Å². The molecule has 0 spiro atoms. The van der Waals surface area contributed by atoms with Crippen molar-refractivity contribution in [2.24, 2.45) is 0 Å². The second-order valence-electron chi connectivity index (χ2n) is 4.94. The molecule has 4 heteroatoms. The highest BCUT2D eigenvalue weighted by Crippen LogP contribution is 2.39. The highest BCUT2D eigenvalue weighted by molar-refractivity contribution is 7.89. The van der Waals surface area contributed by atoms with E-state index >= 15 is 0 Å². The average Bonchev–Trinajstić information content (AvgIpc) is 2.13. The fourth-order valence-corrected chi connectivity index (χ4v) is 3.71. The zero-order chi connectivity index (χ0) is 12.5. The van der Waals surface area contributed by atoms with Gasteiger partial charge < -0.3 is 0 Å². The van der Waals surface area contributed by atoms with Crippen molar-refractivity contribution in [2.45, 2.75) is 50.0 Å². The van der Waals surface area contributed by atoms with Gasteiger partial charge in [-0.2, -0.15) is 0 Å².